The zero-order valence-corrected chi connectivity index (χ0v) is 8.35. The number of aliphatic hydroxyl groups is 1. The van der Waals surface area contributed by atoms with Crippen LogP contribution in [-0.4, -0.2) is 29.3 Å². The van der Waals surface area contributed by atoms with Gasteiger partial charge in [0.25, 0.3) is 0 Å². The molecule has 0 radical (unpaired) electrons. The second kappa shape index (κ2) is 5.35. The van der Waals surface area contributed by atoms with Crippen LogP contribution in [-0.2, 0) is 9.53 Å². The van der Waals surface area contributed by atoms with Gasteiger partial charge in [-0.25, -0.2) is 0 Å². The van der Waals surface area contributed by atoms with Gasteiger partial charge in [0.1, 0.15) is 11.6 Å². The van der Waals surface area contributed by atoms with Gasteiger partial charge in [-0.3, -0.25) is 4.79 Å². The standard InChI is InChI=1S/C7H15NO3.ClH/c1-7(2,3)11-6(10)5(8)4-9;/h5,9H,4,8H2,1-3H3;1H/t5-;/m1./s1. The van der Waals surface area contributed by atoms with E-state index in [1.165, 1.54) is 0 Å². The Morgan fingerprint density at radius 2 is 2.00 bits per heavy atom. The molecule has 0 aromatic heterocycles. The molecule has 0 aromatic carbocycles. The fourth-order valence-electron chi connectivity index (χ4n) is 0.452. The van der Waals surface area contributed by atoms with Gasteiger partial charge in [0.05, 0.1) is 6.61 Å². The molecule has 5 heteroatoms. The fraction of sp³-hybridized carbons (Fsp3) is 0.857. The maximum absolute atomic E-state index is 10.9. The van der Waals surface area contributed by atoms with Crippen molar-refractivity contribution in [3.05, 3.63) is 0 Å². The number of hydrogen-bond donors (Lipinski definition) is 2. The minimum Gasteiger partial charge on any atom is -0.459 e. The monoisotopic (exact) mass is 197 g/mol. The number of halogens is 1. The molecule has 4 nitrogen and oxygen atoms in total. The highest BCUT2D eigenvalue weighted by Crippen LogP contribution is 2.07. The van der Waals surface area contributed by atoms with Crippen molar-refractivity contribution in [1.82, 2.24) is 0 Å². The topological polar surface area (TPSA) is 72.5 Å². The molecule has 3 N–H and O–H groups in total. The number of ether oxygens (including phenoxy) is 1. The van der Waals surface area contributed by atoms with Crippen LogP contribution in [0.15, 0.2) is 0 Å². The van der Waals surface area contributed by atoms with Crippen molar-refractivity contribution in [3.63, 3.8) is 0 Å². The van der Waals surface area contributed by atoms with E-state index in [4.69, 9.17) is 15.6 Å². The predicted octanol–water partition coefficient (Wildman–Crippen LogP) is 0.0695. The zero-order chi connectivity index (χ0) is 9.07. The summed E-state index contributed by atoms with van der Waals surface area (Å²) in [5.41, 5.74) is 4.66. The summed E-state index contributed by atoms with van der Waals surface area (Å²) in [5.74, 6) is -0.569. The molecule has 12 heavy (non-hydrogen) atoms. The van der Waals surface area contributed by atoms with Crippen molar-refractivity contribution in [2.45, 2.75) is 32.4 Å². The molecule has 0 spiro atoms. The molecule has 0 aliphatic carbocycles. The third-order valence-corrected chi connectivity index (χ3v) is 0.906. The predicted molar refractivity (Wildman–Crippen MR) is 48.2 cm³/mol. The zero-order valence-electron chi connectivity index (χ0n) is 7.53. The Balaban J connectivity index is 0. The van der Waals surface area contributed by atoms with E-state index in [1.54, 1.807) is 20.8 Å². The lowest BCUT2D eigenvalue weighted by molar-refractivity contribution is -0.157. The first kappa shape index (κ1) is 14.2. The summed E-state index contributed by atoms with van der Waals surface area (Å²) in [5, 5.41) is 8.48. The normalized spacial score (nSPS) is 13.1. The smallest absolute Gasteiger partial charge is 0.325 e. The molecule has 0 bridgehead atoms. The van der Waals surface area contributed by atoms with Gasteiger partial charge in [-0.2, -0.15) is 0 Å². The highest BCUT2D eigenvalue weighted by atomic mass is 35.5. The number of rotatable bonds is 2. The SMILES string of the molecule is CC(C)(C)OC(=O)[C@H](N)CO.Cl. The van der Waals surface area contributed by atoms with Crippen LogP contribution in [0.5, 0.6) is 0 Å². The van der Waals surface area contributed by atoms with Crippen LogP contribution >= 0.6 is 12.4 Å². The molecule has 0 amide bonds. The van der Waals surface area contributed by atoms with E-state index in [0.29, 0.717) is 0 Å². The molecule has 0 aromatic rings. The Morgan fingerprint density at radius 3 is 2.25 bits per heavy atom. The molecule has 0 unspecified atom stereocenters. The van der Waals surface area contributed by atoms with Crippen LogP contribution in [0.2, 0.25) is 0 Å². The number of esters is 1. The highest BCUT2D eigenvalue weighted by molar-refractivity contribution is 5.85. The number of aliphatic hydroxyl groups excluding tert-OH is 1. The Morgan fingerprint density at radius 1 is 1.58 bits per heavy atom. The largest absolute Gasteiger partial charge is 0.459 e. The van der Waals surface area contributed by atoms with E-state index >= 15 is 0 Å². The Hall–Kier alpha value is -0.320. The van der Waals surface area contributed by atoms with Crippen LogP contribution < -0.4 is 5.73 Å². The van der Waals surface area contributed by atoms with Crippen molar-refractivity contribution >= 4 is 18.4 Å². The average Bonchev–Trinajstić information content (AvgIpc) is 1.82. The molecular formula is C7H16ClNO3. The first-order valence-corrected chi connectivity index (χ1v) is 3.46. The molecule has 0 aliphatic rings. The van der Waals surface area contributed by atoms with Crippen molar-refractivity contribution in [1.29, 1.82) is 0 Å². The average molecular weight is 198 g/mol. The van der Waals surface area contributed by atoms with Crippen molar-refractivity contribution in [3.8, 4) is 0 Å². The van der Waals surface area contributed by atoms with Crippen molar-refractivity contribution in [2.24, 2.45) is 5.73 Å². The van der Waals surface area contributed by atoms with Gasteiger partial charge < -0.3 is 15.6 Å². The van der Waals surface area contributed by atoms with Gasteiger partial charge in [-0.05, 0) is 20.8 Å². The van der Waals surface area contributed by atoms with E-state index in [-0.39, 0.29) is 19.0 Å². The summed E-state index contributed by atoms with van der Waals surface area (Å²) in [6.07, 6.45) is 0. The van der Waals surface area contributed by atoms with E-state index in [9.17, 15) is 4.79 Å². The second-order valence-electron chi connectivity index (χ2n) is 3.32. The minimum absolute atomic E-state index is 0. The quantitative estimate of drug-likeness (QED) is 0.615. The molecule has 74 valence electrons. The van der Waals surface area contributed by atoms with Gasteiger partial charge in [0.2, 0.25) is 0 Å². The van der Waals surface area contributed by atoms with Gasteiger partial charge in [-0.15, -0.1) is 12.4 Å². The van der Waals surface area contributed by atoms with Gasteiger partial charge in [-0.1, -0.05) is 0 Å². The van der Waals surface area contributed by atoms with E-state index in [2.05, 4.69) is 0 Å². The molecule has 0 saturated carbocycles. The van der Waals surface area contributed by atoms with Crippen LogP contribution in [0.1, 0.15) is 20.8 Å². The molecule has 0 heterocycles. The van der Waals surface area contributed by atoms with Crippen molar-refractivity contribution < 1.29 is 14.6 Å². The van der Waals surface area contributed by atoms with Gasteiger partial charge >= 0.3 is 5.97 Å². The second-order valence-corrected chi connectivity index (χ2v) is 3.32. The van der Waals surface area contributed by atoms with E-state index in [0.717, 1.165) is 0 Å². The summed E-state index contributed by atoms with van der Waals surface area (Å²) >= 11 is 0. The summed E-state index contributed by atoms with van der Waals surface area (Å²) in [6, 6.07) is -0.922. The first-order chi connectivity index (χ1) is 4.87. The summed E-state index contributed by atoms with van der Waals surface area (Å²) in [6.45, 7) is 4.86. The fourth-order valence-corrected chi connectivity index (χ4v) is 0.452. The van der Waals surface area contributed by atoms with Crippen molar-refractivity contribution in [2.75, 3.05) is 6.61 Å². The summed E-state index contributed by atoms with van der Waals surface area (Å²) in [4.78, 5) is 10.9. The lowest BCUT2D eigenvalue weighted by atomic mass is 10.2. The lowest BCUT2D eigenvalue weighted by Gasteiger charge is -2.21. The number of nitrogens with two attached hydrogens (primary N) is 1. The van der Waals surface area contributed by atoms with Crippen LogP contribution in [0.3, 0.4) is 0 Å². The third kappa shape index (κ3) is 6.39. The Bertz CT molecular complexity index is 144. The minimum atomic E-state index is -0.922. The van der Waals surface area contributed by atoms with E-state index < -0.39 is 17.6 Å². The number of carbonyl (C=O) groups is 1. The molecular weight excluding hydrogens is 182 g/mol. The van der Waals surface area contributed by atoms with Crippen LogP contribution in [0.25, 0.3) is 0 Å². The Kier molecular flexibility index (Phi) is 6.34. The number of hydrogen-bond acceptors (Lipinski definition) is 4. The molecule has 0 aliphatic heterocycles. The van der Waals surface area contributed by atoms with Gasteiger partial charge in [0, 0.05) is 0 Å². The maximum Gasteiger partial charge on any atom is 0.325 e. The molecule has 1 atom stereocenters. The lowest BCUT2D eigenvalue weighted by Crippen LogP contribution is -2.39. The van der Waals surface area contributed by atoms with Gasteiger partial charge in [0.15, 0.2) is 0 Å². The molecule has 0 saturated heterocycles. The summed E-state index contributed by atoms with van der Waals surface area (Å²) in [7, 11) is 0. The third-order valence-electron chi connectivity index (χ3n) is 0.906. The molecule has 0 fully saturated rings. The Labute approximate surface area is 78.5 Å². The van der Waals surface area contributed by atoms with E-state index in [1.807, 2.05) is 0 Å². The molecule has 0 rings (SSSR count). The summed E-state index contributed by atoms with van der Waals surface area (Å²) < 4.78 is 4.87. The van der Waals surface area contributed by atoms with Crippen LogP contribution in [0, 0.1) is 0 Å². The first-order valence-electron chi connectivity index (χ1n) is 3.46. The highest BCUT2D eigenvalue weighted by Gasteiger charge is 2.20. The van der Waals surface area contributed by atoms with Crippen LogP contribution in [0.4, 0.5) is 0 Å². The maximum atomic E-state index is 10.9. The number of carbonyl (C=O) groups excluding carboxylic acids is 1.